The van der Waals surface area contributed by atoms with Crippen LogP contribution in [-0.4, -0.2) is 11.0 Å². The molecule has 1 amide bonds. The van der Waals surface area contributed by atoms with E-state index in [9.17, 15) is 14.3 Å². The summed E-state index contributed by atoms with van der Waals surface area (Å²) in [4.78, 5) is 12.7. The molecule has 0 fully saturated rings. The number of benzene rings is 3. The number of aliphatic hydroxyl groups excluding tert-OH is 1. The molecule has 6 heteroatoms. The number of amides is 1. The fourth-order valence-corrected chi connectivity index (χ4v) is 3.61. The third-order valence-electron chi connectivity index (χ3n) is 5.05. The van der Waals surface area contributed by atoms with Crippen LogP contribution in [0.5, 0.6) is 0 Å². The van der Waals surface area contributed by atoms with E-state index in [2.05, 4.69) is 5.32 Å². The van der Waals surface area contributed by atoms with Gasteiger partial charge in [-0.15, -0.1) is 0 Å². The molecule has 2 N–H and O–H groups in total. The fraction of sp³-hybridized carbons (Fsp3) is 0.240. The Hall–Kier alpha value is -2.40. The molecule has 0 saturated carbocycles. The number of rotatable bonds is 5. The third-order valence-corrected chi connectivity index (χ3v) is 5.53. The van der Waals surface area contributed by atoms with E-state index >= 15 is 0 Å². The summed E-state index contributed by atoms with van der Waals surface area (Å²) in [5.74, 6) is -1.49. The minimum absolute atomic E-state index is 0.204. The molecule has 0 radical (unpaired) electrons. The molecular formula is C25H24Cl2FNO2. The van der Waals surface area contributed by atoms with Crippen LogP contribution in [0.4, 0.5) is 10.1 Å². The van der Waals surface area contributed by atoms with Gasteiger partial charge in [-0.2, -0.15) is 0 Å². The maximum atomic E-state index is 14.9. The summed E-state index contributed by atoms with van der Waals surface area (Å²) in [5.41, 5.74) is 1.19. The topological polar surface area (TPSA) is 49.3 Å². The molecule has 3 nitrogen and oxygen atoms in total. The Bertz CT molecular complexity index is 1080. The van der Waals surface area contributed by atoms with Gasteiger partial charge in [-0.05, 0) is 53.1 Å². The minimum atomic E-state index is -1.11. The number of hydrogen-bond donors (Lipinski definition) is 2. The van der Waals surface area contributed by atoms with Crippen molar-refractivity contribution in [2.75, 3.05) is 5.32 Å². The van der Waals surface area contributed by atoms with E-state index in [1.54, 1.807) is 81.4 Å². The summed E-state index contributed by atoms with van der Waals surface area (Å²) in [7, 11) is 0. The van der Waals surface area contributed by atoms with Crippen LogP contribution in [0.3, 0.4) is 0 Å². The molecule has 3 aromatic rings. The largest absolute Gasteiger partial charge is 0.387 e. The smallest absolute Gasteiger partial charge is 0.229 e. The number of carbonyl (C=O) groups excluding carboxylic acids is 1. The summed E-state index contributed by atoms with van der Waals surface area (Å²) >= 11 is 12.3. The van der Waals surface area contributed by atoms with Crippen molar-refractivity contribution in [3.8, 4) is 0 Å². The van der Waals surface area contributed by atoms with Crippen molar-refractivity contribution in [2.45, 2.75) is 32.8 Å². The van der Waals surface area contributed by atoms with Crippen molar-refractivity contribution in [3.05, 3.63) is 99.3 Å². The lowest BCUT2D eigenvalue weighted by Crippen LogP contribution is -2.28. The van der Waals surface area contributed by atoms with Crippen LogP contribution in [0.1, 0.15) is 49.5 Å². The number of aliphatic hydroxyl groups is 1. The van der Waals surface area contributed by atoms with Crippen LogP contribution >= 0.6 is 23.2 Å². The Morgan fingerprint density at radius 2 is 1.55 bits per heavy atom. The highest BCUT2D eigenvalue weighted by Crippen LogP contribution is 2.42. The van der Waals surface area contributed by atoms with Crippen molar-refractivity contribution in [2.24, 2.45) is 5.41 Å². The van der Waals surface area contributed by atoms with Crippen molar-refractivity contribution in [1.82, 2.24) is 0 Å². The van der Waals surface area contributed by atoms with Crippen LogP contribution in [0.25, 0.3) is 0 Å². The van der Waals surface area contributed by atoms with Crippen molar-refractivity contribution >= 4 is 34.8 Å². The van der Waals surface area contributed by atoms with Crippen LogP contribution < -0.4 is 5.32 Å². The van der Waals surface area contributed by atoms with E-state index in [4.69, 9.17) is 23.2 Å². The second-order valence-electron chi connectivity index (χ2n) is 8.43. The Labute approximate surface area is 191 Å². The highest BCUT2D eigenvalue weighted by Gasteiger charge is 2.31. The summed E-state index contributed by atoms with van der Waals surface area (Å²) in [6, 6.07) is 17.9. The fourth-order valence-electron chi connectivity index (χ4n) is 3.30. The van der Waals surface area contributed by atoms with Crippen LogP contribution in [-0.2, 0) is 4.79 Å². The molecule has 0 aliphatic heterocycles. The van der Waals surface area contributed by atoms with Crippen molar-refractivity contribution in [1.29, 1.82) is 0 Å². The van der Waals surface area contributed by atoms with Gasteiger partial charge in [0.1, 0.15) is 5.82 Å². The average molecular weight is 460 g/mol. The van der Waals surface area contributed by atoms with Gasteiger partial charge in [0.25, 0.3) is 0 Å². The van der Waals surface area contributed by atoms with Gasteiger partial charge < -0.3 is 10.4 Å². The monoisotopic (exact) mass is 459 g/mol. The van der Waals surface area contributed by atoms with Gasteiger partial charge in [-0.1, -0.05) is 74.3 Å². The van der Waals surface area contributed by atoms with Gasteiger partial charge in [-0.3, -0.25) is 4.79 Å². The number of halogens is 3. The zero-order valence-electron chi connectivity index (χ0n) is 17.5. The van der Waals surface area contributed by atoms with E-state index in [1.165, 1.54) is 6.07 Å². The maximum Gasteiger partial charge on any atom is 0.229 e. The summed E-state index contributed by atoms with van der Waals surface area (Å²) < 4.78 is 14.9. The van der Waals surface area contributed by atoms with Crippen molar-refractivity contribution < 1.29 is 14.3 Å². The predicted molar refractivity (Wildman–Crippen MR) is 124 cm³/mol. The first kappa shape index (κ1) is 23.3. The lowest BCUT2D eigenvalue weighted by Gasteiger charge is -2.28. The Balaban J connectivity index is 2.18. The molecule has 162 valence electrons. The third kappa shape index (κ3) is 5.45. The normalized spacial score (nSPS) is 13.5. The van der Waals surface area contributed by atoms with Gasteiger partial charge in [0, 0.05) is 27.1 Å². The zero-order chi connectivity index (χ0) is 22.8. The first-order chi connectivity index (χ1) is 14.6. The van der Waals surface area contributed by atoms with E-state index in [-0.39, 0.29) is 5.91 Å². The number of nitrogens with one attached hydrogen (secondary N) is 1. The lowest BCUT2D eigenvalue weighted by molar-refractivity contribution is -0.123. The second kappa shape index (κ2) is 9.39. The molecule has 31 heavy (non-hydrogen) atoms. The van der Waals surface area contributed by atoms with Gasteiger partial charge in [0.15, 0.2) is 0 Å². The number of carbonyl (C=O) groups is 1. The molecular weight excluding hydrogens is 436 g/mol. The first-order valence-corrected chi connectivity index (χ1v) is 10.6. The van der Waals surface area contributed by atoms with Gasteiger partial charge >= 0.3 is 0 Å². The second-order valence-corrected chi connectivity index (χ2v) is 9.30. The maximum absolute atomic E-state index is 14.9. The highest BCUT2D eigenvalue weighted by molar-refractivity contribution is 6.31. The Morgan fingerprint density at radius 3 is 2.16 bits per heavy atom. The number of hydrogen-bond acceptors (Lipinski definition) is 2. The van der Waals surface area contributed by atoms with Gasteiger partial charge in [-0.25, -0.2) is 4.39 Å². The first-order valence-electron chi connectivity index (χ1n) is 9.87. The van der Waals surface area contributed by atoms with E-state index in [0.717, 1.165) is 0 Å². The molecule has 0 aromatic heterocycles. The summed E-state index contributed by atoms with van der Waals surface area (Å²) in [6.07, 6.45) is -1.11. The van der Waals surface area contributed by atoms with Crippen LogP contribution in [0, 0.1) is 11.2 Å². The Morgan fingerprint density at radius 1 is 0.935 bits per heavy atom. The van der Waals surface area contributed by atoms with Crippen molar-refractivity contribution in [3.63, 3.8) is 0 Å². The summed E-state index contributed by atoms with van der Waals surface area (Å²) in [5, 5.41) is 15.2. The Kier molecular flexibility index (Phi) is 7.05. The number of anilines is 1. The van der Waals surface area contributed by atoms with Gasteiger partial charge in [0.2, 0.25) is 5.91 Å². The standard InChI is InChI=1S/C25H24Cl2FNO2/c1-25(2,3)24(31)29-21-13-12-17(27)14-19(21)22(18-6-4-5-7-20(18)28)23(30)15-8-10-16(26)11-9-15/h4-14,22-23,30H,1-3H3,(H,29,31)/t22-,23-/m1/s1. The van der Waals surface area contributed by atoms with E-state index in [1.807, 2.05) is 0 Å². The van der Waals surface area contributed by atoms with Gasteiger partial charge in [0.05, 0.1) is 6.10 Å². The molecule has 0 heterocycles. The molecule has 3 aromatic carbocycles. The minimum Gasteiger partial charge on any atom is -0.387 e. The van der Waals surface area contributed by atoms with E-state index < -0.39 is 23.3 Å². The van der Waals surface area contributed by atoms with Crippen LogP contribution in [0.15, 0.2) is 66.7 Å². The zero-order valence-corrected chi connectivity index (χ0v) is 19.0. The molecule has 2 atom stereocenters. The molecule has 3 rings (SSSR count). The van der Waals surface area contributed by atoms with E-state index in [0.29, 0.717) is 32.4 Å². The van der Waals surface area contributed by atoms with Crippen LogP contribution in [0.2, 0.25) is 10.0 Å². The molecule has 0 aliphatic rings. The summed E-state index contributed by atoms with van der Waals surface area (Å²) in [6.45, 7) is 5.40. The highest BCUT2D eigenvalue weighted by atomic mass is 35.5. The quantitative estimate of drug-likeness (QED) is 0.432. The molecule has 0 saturated heterocycles. The molecule has 0 unspecified atom stereocenters. The predicted octanol–water partition coefficient (Wildman–Crippen LogP) is 6.98. The molecule has 0 aliphatic carbocycles. The molecule has 0 spiro atoms. The SMILES string of the molecule is CC(C)(C)C(=O)Nc1ccc(Cl)cc1[C@@H](c1ccccc1F)[C@H](O)c1ccc(Cl)cc1. The average Bonchev–Trinajstić information content (AvgIpc) is 2.71. The lowest BCUT2D eigenvalue weighted by atomic mass is 9.82. The molecule has 0 bridgehead atoms.